The van der Waals surface area contributed by atoms with E-state index in [1.54, 1.807) is 43.5 Å². The van der Waals surface area contributed by atoms with Gasteiger partial charge in [0.15, 0.2) is 0 Å². The Morgan fingerprint density at radius 1 is 1.00 bits per heavy atom. The van der Waals surface area contributed by atoms with Gasteiger partial charge in [-0.2, -0.15) is 12.6 Å². The van der Waals surface area contributed by atoms with Crippen LogP contribution in [0.25, 0.3) is 0 Å². The maximum Gasteiger partial charge on any atom is 0.257 e. The molecule has 2 saturated carbocycles. The molecule has 2 atom stereocenters. The van der Waals surface area contributed by atoms with Crippen molar-refractivity contribution in [1.82, 2.24) is 14.9 Å². The Morgan fingerprint density at radius 3 is 2.15 bits per heavy atom. The highest BCUT2D eigenvalue weighted by Gasteiger charge is 2.57. The van der Waals surface area contributed by atoms with Crippen LogP contribution in [-0.2, 0) is 22.6 Å². The van der Waals surface area contributed by atoms with Crippen molar-refractivity contribution in [1.29, 1.82) is 0 Å². The molecule has 2 heterocycles. The summed E-state index contributed by atoms with van der Waals surface area (Å²) in [6.07, 6.45) is 5.98. The van der Waals surface area contributed by atoms with Crippen LogP contribution >= 0.6 is 35.8 Å². The Bertz CT molecular complexity index is 1480. The third kappa shape index (κ3) is 7.09. The molecule has 1 aliphatic heterocycles. The summed E-state index contributed by atoms with van der Waals surface area (Å²) >= 11 is 15.8. The first kappa shape index (κ1) is 36.5. The molecule has 3 N–H and O–H groups in total. The monoisotopic (exact) mass is 693 g/mol. The molecule has 0 radical (unpaired) electrons. The van der Waals surface area contributed by atoms with Crippen LogP contribution in [0.1, 0.15) is 92.2 Å². The molecular formula is C34H42Cl2FN3O5S. The first-order valence-corrected chi connectivity index (χ1v) is 17.2. The Hall–Kier alpha value is -2.31. The standard InChI is InChI=1S/C31H32Cl2FN3O5.C2H6.CH4S/c1-30(41,17-4-8-22(38)9-5-17)19-10-25-28(26(34)11-19)31(42-24-12-23(39)13-24,18-2-6-20(32)7-3-18)37(29(25)40)16-27-35-14-21(33)15-36-27;2*1-2/h2-3,6-7,10-11,14-15,17,22-24,38-39,41H,4-5,8-9,12-13,16H2,1H3;1-2H3;2H,1H3/t17?,22?,23?,24?,30?,31-;;/m1../s1. The van der Waals surface area contributed by atoms with Gasteiger partial charge in [0, 0.05) is 23.0 Å². The fourth-order valence-electron chi connectivity index (χ4n) is 6.50. The third-order valence-electron chi connectivity index (χ3n) is 8.98. The average Bonchev–Trinajstić information content (AvgIpc) is 3.27. The summed E-state index contributed by atoms with van der Waals surface area (Å²) in [6.45, 7) is 5.50. The van der Waals surface area contributed by atoms with Gasteiger partial charge in [-0.05, 0) is 87.5 Å². The quantitative estimate of drug-likeness (QED) is 0.205. The molecule has 1 amide bonds. The minimum Gasteiger partial charge on any atom is -0.393 e. The van der Waals surface area contributed by atoms with E-state index in [0.29, 0.717) is 54.1 Å². The second kappa shape index (κ2) is 15.3. The zero-order chi connectivity index (χ0) is 33.8. The van der Waals surface area contributed by atoms with Crippen LogP contribution in [0.15, 0.2) is 48.8 Å². The highest BCUT2D eigenvalue weighted by molar-refractivity contribution is 7.79. The molecule has 2 aromatic carbocycles. The number of rotatable bonds is 7. The van der Waals surface area contributed by atoms with Crippen LogP contribution in [0.4, 0.5) is 4.39 Å². The van der Waals surface area contributed by atoms with Gasteiger partial charge in [-0.1, -0.05) is 49.2 Å². The number of thiol groups is 1. The molecule has 3 aliphatic rings. The lowest BCUT2D eigenvalue weighted by molar-refractivity contribution is -0.191. The zero-order valence-electron chi connectivity index (χ0n) is 26.5. The van der Waals surface area contributed by atoms with E-state index in [1.165, 1.54) is 23.4 Å². The number of amides is 1. The normalized spacial score (nSPS) is 26.5. The minimum absolute atomic E-state index is 0.0174. The smallest absolute Gasteiger partial charge is 0.257 e. The number of aromatic nitrogens is 2. The first-order chi connectivity index (χ1) is 22.0. The Labute approximate surface area is 285 Å². The van der Waals surface area contributed by atoms with Gasteiger partial charge in [-0.25, -0.2) is 14.4 Å². The summed E-state index contributed by atoms with van der Waals surface area (Å²) in [7, 11) is 0. The van der Waals surface area contributed by atoms with Crippen molar-refractivity contribution in [2.75, 3.05) is 6.26 Å². The van der Waals surface area contributed by atoms with E-state index in [4.69, 9.17) is 27.9 Å². The maximum atomic E-state index is 16.6. The van der Waals surface area contributed by atoms with Gasteiger partial charge in [0.2, 0.25) is 5.72 Å². The number of carbonyl (C=O) groups excluding carboxylic acids is 1. The molecular weight excluding hydrogens is 652 g/mol. The number of aliphatic hydroxyl groups is 3. The van der Waals surface area contributed by atoms with E-state index >= 15 is 4.39 Å². The number of hydrogen-bond donors (Lipinski definition) is 4. The molecule has 3 aromatic rings. The molecule has 0 saturated heterocycles. The zero-order valence-corrected chi connectivity index (χ0v) is 28.9. The van der Waals surface area contributed by atoms with Gasteiger partial charge < -0.3 is 20.1 Å². The van der Waals surface area contributed by atoms with Crippen molar-refractivity contribution < 1.29 is 29.2 Å². The molecule has 12 heteroatoms. The number of carbonyl (C=O) groups is 1. The van der Waals surface area contributed by atoms with Crippen molar-refractivity contribution in [2.24, 2.45) is 5.92 Å². The number of nitrogens with zero attached hydrogens (tertiary/aromatic N) is 3. The van der Waals surface area contributed by atoms with Crippen LogP contribution in [-0.4, -0.2) is 60.7 Å². The summed E-state index contributed by atoms with van der Waals surface area (Å²) in [5.41, 5.74) is -2.34. The lowest BCUT2D eigenvalue weighted by Gasteiger charge is -2.45. The van der Waals surface area contributed by atoms with Gasteiger partial charge in [0.05, 0.1) is 46.6 Å². The number of benzene rings is 2. The SMILES string of the molecule is CC.CC(O)(c1cc(F)c2c(c1)C(=O)N(Cc1ncc(Cl)cn1)[C@@]2(OC1CC(O)C1)c1ccc(Cl)cc1)C1CCC(O)CC1.CS. The molecule has 250 valence electrons. The minimum atomic E-state index is -1.73. The highest BCUT2D eigenvalue weighted by Crippen LogP contribution is 2.51. The van der Waals surface area contributed by atoms with E-state index < -0.39 is 41.4 Å². The Kier molecular flexibility index (Phi) is 12.1. The van der Waals surface area contributed by atoms with E-state index in [-0.39, 0.29) is 35.0 Å². The van der Waals surface area contributed by atoms with Gasteiger partial charge >= 0.3 is 0 Å². The molecule has 2 fully saturated rings. The number of hydrogen-bond acceptors (Lipinski definition) is 8. The summed E-state index contributed by atoms with van der Waals surface area (Å²) in [6, 6.07) is 9.50. The number of fused-ring (bicyclic) bond motifs is 1. The predicted octanol–water partition coefficient (Wildman–Crippen LogP) is 6.65. The summed E-state index contributed by atoms with van der Waals surface area (Å²) in [5, 5.41) is 32.5. The molecule has 0 bridgehead atoms. The second-order valence-corrected chi connectivity index (χ2v) is 12.6. The van der Waals surface area contributed by atoms with Crippen molar-refractivity contribution in [3.8, 4) is 0 Å². The molecule has 0 spiro atoms. The summed E-state index contributed by atoms with van der Waals surface area (Å²) < 4.78 is 23.3. The largest absolute Gasteiger partial charge is 0.393 e. The maximum absolute atomic E-state index is 16.6. The van der Waals surface area contributed by atoms with Crippen molar-refractivity contribution in [2.45, 2.75) is 95.5 Å². The number of halogens is 3. The molecule has 2 aliphatic carbocycles. The fourth-order valence-corrected chi connectivity index (χ4v) is 6.72. The average molecular weight is 695 g/mol. The fraction of sp³-hybridized carbons (Fsp3) is 0.500. The van der Waals surface area contributed by atoms with E-state index in [2.05, 4.69) is 22.6 Å². The molecule has 6 rings (SSSR count). The lowest BCUT2D eigenvalue weighted by atomic mass is 9.73. The summed E-state index contributed by atoms with van der Waals surface area (Å²) in [4.78, 5) is 24.3. The van der Waals surface area contributed by atoms with Gasteiger partial charge in [0.25, 0.3) is 5.91 Å². The third-order valence-corrected chi connectivity index (χ3v) is 9.42. The number of ether oxygens (including phenoxy) is 1. The Morgan fingerprint density at radius 2 is 1.59 bits per heavy atom. The topological polar surface area (TPSA) is 116 Å². The highest BCUT2D eigenvalue weighted by atomic mass is 35.5. The van der Waals surface area contributed by atoms with Crippen molar-refractivity contribution in [3.63, 3.8) is 0 Å². The van der Waals surface area contributed by atoms with Crippen LogP contribution < -0.4 is 0 Å². The van der Waals surface area contributed by atoms with Gasteiger partial charge in [0.1, 0.15) is 11.6 Å². The van der Waals surface area contributed by atoms with Crippen molar-refractivity contribution >= 4 is 41.7 Å². The van der Waals surface area contributed by atoms with Gasteiger partial charge in [-0.15, -0.1) is 0 Å². The van der Waals surface area contributed by atoms with E-state index in [9.17, 15) is 20.1 Å². The molecule has 46 heavy (non-hydrogen) atoms. The summed E-state index contributed by atoms with van der Waals surface area (Å²) in [5.74, 6) is -1.18. The number of aliphatic hydroxyl groups excluding tert-OH is 2. The van der Waals surface area contributed by atoms with Crippen LogP contribution in [0.2, 0.25) is 10.0 Å². The van der Waals surface area contributed by atoms with Gasteiger partial charge in [-0.3, -0.25) is 9.69 Å². The first-order valence-electron chi connectivity index (χ1n) is 15.6. The van der Waals surface area contributed by atoms with E-state index in [0.717, 1.165) is 0 Å². The van der Waals surface area contributed by atoms with Crippen LogP contribution in [0.5, 0.6) is 0 Å². The lowest BCUT2D eigenvalue weighted by Crippen LogP contribution is -2.51. The van der Waals surface area contributed by atoms with Crippen LogP contribution in [0, 0.1) is 11.7 Å². The Balaban J connectivity index is 0.00000116. The van der Waals surface area contributed by atoms with Crippen molar-refractivity contribution in [3.05, 3.63) is 92.7 Å². The second-order valence-electron chi connectivity index (χ2n) is 11.8. The molecule has 1 aromatic heterocycles. The predicted molar refractivity (Wildman–Crippen MR) is 179 cm³/mol. The van der Waals surface area contributed by atoms with E-state index in [1.807, 2.05) is 13.8 Å². The van der Waals surface area contributed by atoms with Crippen LogP contribution in [0.3, 0.4) is 0 Å². The molecule has 1 unspecified atom stereocenters. The molecule has 8 nitrogen and oxygen atoms in total.